The predicted octanol–water partition coefficient (Wildman–Crippen LogP) is 5.04. The van der Waals surface area contributed by atoms with Crippen molar-refractivity contribution >= 4 is 44.9 Å². The monoisotopic (exact) mass is 441 g/mol. The van der Waals surface area contributed by atoms with Crippen molar-refractivity contribution in [2.24, 2.45) is 7.05 Å². The van der Waals surface area contributed by atoms with E-state index in [1.807, 2.05) is 56.7 Å². The van der Waals surface area contributed by atoms with Crippen LogP contribution in [0.25, 0.3) is 15.9 Å². The number of rotatable bonds is 5. The highest BCUT2D eigenvalue weighted by atomic mass is 35.5. The van der Waals surface area contributed by atoms with Crippen LogP contribution in [0.4, 0.5) is 0 Å². The maximum atomic E-state index is 12.6. The van der Waals surface area contributed by atoms with Gasteiger partial charge in [-0.15, -0.1) is 11.3 Å². The molecule has 0 amide bonds. The summed E-state index contributed by atoms with van der Waals surface area (Å²) in [5.41, 5.74) is 4.02. The number of benzene rings is 1. The predicted molar refractivity (Wildman–Crippen MR) is 118 cm³/mol. The summed E-state index contributed by atoms with van der Waals surface area (Å²) < 4.78 is 9.01. The zero-order chi connectivity index (χ0) is 21.6. The number of Topliss-reactive ketones (excluding diaryl/α,β-unsaturated/α-hetero) is 1. The molecule has 3 heterocycles. The molecule has 0 radical (unpaired) electrons. The highest BCUT2D eigenvalue weighted by Crippen LogP contribution is 2.31. The van der Waals surface area contributed by atoms with Crippen LogP contribution in [0.1, 0.15) is 37.1 Å². The van der Waals surface area contributed by atoms with Crippen molar-refractivity contribution in [3.8, 4) is 5.69 Å². The second-order valence-electron chi connectivity index (χ2n) is 7.15. The topological polar surface area (TPSA) is 66.1 Å². The number of carbonyl (C=O) groups excluding carboxylic acids is 2. The van der Waals surface area contributed by atoms with E-state index in [0.29, 0.717) is 15.5 Å². The molecule has 4 aromatic rings. The molecule has 154 valence electrons. The van der Waals surface area contributed by atoms with Crippen LogP contribution in [-0.2, 0) is 11.8 Å². The molecule has 0 atom stereocenters. The summed E-state index contributed by atoms with van der Waals surface area (Å²) in [6.07, 6.45) is 0. The van der Waals surface area contributed by atoms with Crippen molar-refractivity contribution in [1.29, 1.82) is 0 Å². The summed E-state index contributed by atoms with van der Waals surface area (Å²) in [6, 6.07) is 10.9. The van der Waals surface area contributed by atoms with Gasteiger partial charge in [-0.05, 0) is 51.1 Å². The van der Waals surface area contributed by atoms with Crippen LogP contribution >= 0.6 is 22.9 Å². The minimum absolute atomic E-state index is 0.216. The molecular formula is C22H20ClN3O3S. The maximum Gasteiger partial charge on any atom is 0.348 e. The molecule has 0 aliphatic heterocycles. The number of nitrogens with zero attached hydrogens (tertiary/aromatic N) is 3. The number of aromatic nitrogens is 3. The third kappa shape index (κ3) is 3.55. The molecular weight excluding hydrogens is 422 g/mol. The van der Waals surface area contributed by atoms with E-state index in [0.717, 1.165) is 33.0 Å². The number of aryl methyl sites for hydroxylation is 2. The quantitative estimate of drug-likeness (QED) is 0.321. The number of halogens is 1. The standard InChI is InChI=1S/C22H20ClN3O3S/c1-12-8-18(14(3)25(12)4)19(27)11-29-22(28)20-10-17-13(2)24-26(21(17)30-20)16-7-5-6-15(23)9-16/h5-10H,11H2,1-4H3. The Balaban J connectivity index is 1.56. The molecule has 3 aromatic heterocycles. The van der Waals surface area contributed by atoms with Gasteiger partial charge in [0.2, 0.25) is 5.78 Å². The van der Waals surface area contributed by atoms with E-state index in [1.165, 1.54) is 11.3 Å². The van der Waals surface area contributed by atoms with Crippen LogP contribution in [0.3, 0.4) is 0 Å². The van der Waals surface area contributed by atoms with Crippen molar-refractivity contribution < 1.29 is 14.3 Å². The van der Waals surface area contributed by atoms with Gasteiger partial charge in [0.25, 0.3) is 0 Å². The van der Waals surface area contributed by atoms with Gasteiger partial charge in [0.1, 0.15) is 9.71 Å². The zero-order valence-electron chi connectivity index (χ0n) is 17.0. The van der Waals surface area contributed by atoms with E-state index >= 15 is 0 Å². The van der Waals surface area contributed by atoms with E-state index in [1.54, 1.807) is 16.8 Å². The molecule has 0 aliphatic carbocycles. The van der Waals surface area contributed by atoms with Gasteiger partial charge < -0.3 is 9.30 Å². The first-order valence-electron chi connectivity index (χ1n) is 9.34. The molecule has 6 nitrogen and oxygen atoms in total. The minimum atomic E-state index is -0.521. The third-order valence-corrected chi connectivity index (χ3v) is 6.53. The minimum Gasteiger partial charge on any atom is -0.453 e. The molecule has 0 N–H and O–H groups in total. The second kappa shape index (κ2) is 7.74. The Labute approximate surface area is 182 Å². The number of hydrogen-bond donors (Lipinski definition) is 0. The Morgan fingerprint density at radius 2 is 1.93 bits per heavy atom. The summed E-state index contributed by atoms with van der Waals surface area (Å²) in [7, 11) is 1.90. The number of ketones is 1. The number of thiophene rings is 1. The molecule has 0 fully saturated rings. The van der Waals surface area contributed by atoms with Gasteiger partial charge >= 0.3 is 5.97 Å². The van der Waals surface area contributed by atoms with Crippen LogP contribution in [-0.4, -0.2) is 32.7 Å². The average Bonchev–Trinajstić information content (AvgIpc) is 3.36. The Morgan fingerprint density at radius 1 is 1.17 bits per heavy atom. The zero-order valence-corrected chi connectivity index (χ0v) is 18.6. The second-order valence-corrected chi connectivity index (χ2v) is 8.62. The van der Waals surface area contributed by atoms with E-state index in [2.05, 4.69) is 5.10 Å². The van der Waals surface area contributed by atoms with E-state index in [4.69, 9.17) is 16.3 Å². The summed E-state index contributed by atoms with van der Waals surface area (Å²) in [6.45, 7) is 5.39. The fourth-order valence-corrected chi connectivity index (χ4v) is 4.61. The average molecular weight is 442 g/mol. The van der Waals surface area contributed by atoms with Crippen LogP contribution < -0.4 is 0 Å². The lowest BCUT2D eigenvalue weighted by atomic mass is 10.1. The fourth-order valence-electron chi connectivity index (χ4n) is 3.35. The van der Waals surface area contributed by atoms with E-state index in [9.17, 15) is 9.59 Å². The lowest BCUT2D eigenvalue weighted by molar-refractivity contribution is 0.0479. The molecule has 0 saturated heterocycles. The van der Waals surface area contributed by atoms with Gasteiger partial charge in [0.15, 0.2) is 6.61 Å². The number of ether oxygens (including phenoxy) is 1. The van der Waals surface area contributed by atoms with E-state index < -0.39 is 5.97 Å². The smallest absolute Gasteiger partial charge is 0.348 e. The van der Waals surface area contributed by atoms with Gasteiger partial charge in [-0.1, -0.05) is 17.7 Å². The summed E-state index contributed by atoms with van der Waals surface area (Å²) in [4.78, 5) is 26.3. The molecule has 0 spiro atoms. The van der Waals surface area contributed by atoms with Crippen molar-refractivity contribution in [2.45, 2.75) is 20.8 Å². The van der Waals surface area contributed by atoms with Gasteiger partial charge in [-0.3, -0.25) is 4.79 Å². The van der Waals surface area contributed by atoms with Crippen molar-refractivity contribution in [2.75, 3.05) is 6.61 Å². The highest BCUT2D eigenvalue weighted by Gasteiger charge is 2.20. The SMILES string of the molecule is Cc1nn(-c2cccc(Cl)c2)c2sc(C(=O)OCC(=O)c3cc(C)n(C)c3C)cc12. The number of esters is 1. The van der Waals surface area contributed by atoms with Crippen molar-refractivity contribution in [3.63, 3.8) is 0 Å². The van der Waals surface area contributed by atoms with Crippen LogP contribution in [0.5, 0.6) is 0 Å². The summed E-state index contributed by atoms with van der Waals surface area (Å²) in [5.74, 6) is -0.737. The Kier molecular flexibility index (Phi) is 5.26. The van der Waals surface area contributed by atoms with Crippen molar-refractivity contribution in [3.05, 3.63) is 68.9 Å². The highest BCUT2D eigenvalue weighted by molar-refractivity contribution is 7.20. The maximum absolute atomic E-state index is 12.6. The fraction of sp³-hybridized carbons (Fsp3) is 0.227. The Hall–Kier alpha value is -2.90. The molecule has 0 bridgehead atoms. The van der Waals surface area contributed by atoms with Crippen LogP contribution in [0, 0.1) is 20.8 Å². The van der Waals surface area contributed by atoms with Gasteiger partial charge in [-0.25, -0.2) is 9.48 Å². The summed E-state index contributed by atoms with van der Waals surface area (Å²) in [5, 5.41) is 6.03. The Morgan fingerprint density at radius 3 is 2.60 bits per heavy atom. The summed E-state index contributed by atoms with van der Waals surface area (Å²) >= 11 is 7.38. The first kappa shape index (κ1) is 20.4. The van der Waals surface area contributed by atoms with Crippen LogP contribution in [0.15, 0.2) is 36.4 Å². The first-order valence-corrected chi connectivity index (χ1v) is 10.5. The van der Waals surface area contributed by atoms with Gasteiger partial charge in [0, 0.05) is 34.4 Å². The van der Waals surface area contributed by atoms with Gasteiger partial charge in [0.05, 0.1) is 11.4 Å². The first-order chi connectivity index (χ1) is 14.3. The third-order valence-electron chi connectivity index (χ3n) is 5.21. The van der Waals surface area contributed by atoms with Crippen LogP contribution in [0.2, 0.25) is 5.02 Å². The lowest BCUT2D eigenvalue weighted by Gasteiger charge is -2.04. The number of hydrogen-bond acceptors (Lipinski definition) is 5. The lowest BCUT2D eigenvalue weighted by Crippen LogP contribution is -2.14. The molecule has 1 aromatic carbocycles. The molecule has 0 aliphatic rings. The molecule has 8 heteroatoms. The molecule has 0 unspecified atom stereocenters. The largest absolute Gasteiger partial charge is 0.453 e. The normalized spacial score (nSPS) is 11.2. The number of fused-ring (bicyclic) bond motifs is 1. The molecule has 30 heavy (non-hydrogen) atoms. The molecule has 0 saturated carbocycles. The number of carbonyl (C=O) groups is 2. The van der Waals surface area contributed by atoms with Gasteiger partial charge in [-0.2, -0.15) is 5.10 Å². The Bertz CT molecular complexity index is 1300. The van der Waals surface area contributed by atoms with Crippen molar-refractivity contribution in [1.82, 2.24) is 14.3 Å². The van der Waals surface area contributed by atoms with E-state index in [-0.39, 0.29) is 12.4 Å². The molecule has 4 rings (SSSR count).